The molecule has 0 aliphatic rings. The second-order valence-electron chi connectivity index (χ2n) is 7.03. The Morgan fingerprint density at radius 3 is 2.62 bits per heavy atom. The molecule has 170 valence electrons. The molecule has 0 saturated heterocycles. The second kappa shape index (κ2) is 10.4. The lowest BCUT2D eigenvalue weighted by molar-refractivity contribution is -0.145. The number of carbonyl (C=O) groups is 1. The quantitative estimate of drug-likeness (QED) is 0.251. The van der Waals surface area contributed by atoms with Gasteiger partial charge in [0.25, 0.3) is 0 Å². The van der Waals surface area contributed by atoms with Gasteiger partial charge in [-0.1, -0.05) is 6.08 Å². The van der Waals surface area contributed by atoms with E-state index in [0.29, 0.717) is 23.5 Å². The van der Waals surface area contributed by atoms with Crippen LogP contribution in [0.25, 0.3) is 16.2 Å². The van der Waals surface area contributed by atoms with Gasteiger partial charge in [-0.25, -0.2) is 4.79 Å². The fraction of sp³-hybridized carbons (Fsp3) is 0.292. The number of carbonyl (C=O) groups excluding carboxylic acids is 1. The Morgan fingerprint density at radius 1 is 1.16 bits per heavy atom. The Kier molecular flexibility index (Phi) is 7.90. The van der Waals surface area contributed by atoms with Gasteiger partial charge in [0.2, 0.25) is 0 Å². The van der Waals surface area contributed by atoms with Crippen molar-refractivity contribution in [2.75, 3.05) is 19.0 Å². The average Bonchev–Trinajstić information content (AvgIpc) is 3.05. The number of rotatable bonds is 8. The monoisotopic (exact) mass is 480 g/mol. The maximum absolute atomic E-state index is 13.0. The van der Waals surface area contributed by atoms with E-state index in [1.165, 1.54) is 23.5 Å². The predicted octanol–water partition coefficient (Wildman–Crippen LogP) is 7.28. The van der Waals surface area contributed by atoms with E-state index in [-0.39, 0.29) is 6.61 Å². The van der Waals surface area contributed by atoms with E-state index in [2.05, 4.69) is 0 Å². The molecule has 0 aliphatic carbocycles. The lowest BCUT2D eigenvalue weighted by Gasteiger charge is -2.09. The third-order valence-corrected chi connectivity index (χ3v) is 6.90. The zero-order chi connectivity index (χ0) is 23.3. The molecule has 0 amide bonds. The Balaban J connectivity index is 1.61. The maximum atomic E-state index is 13.0. The zero-order valence-corrected chi connectivity index (χ0v) is 19.5. The standard InChI is InChI=1S/C24H23F3O3S2/c1-4-29-23(28)14-30-20-9-8-18(12-15(20)2)31-11-5-6-21-16(3)19-13-17(24(25,26)27)7-10-22(19)32-21/h5-10,12-13H,4,11,14H2,1-3H3/b6-5+. The fourth-order valence-corrected chi connectivity index (χ4v) is 5.02. The number of hydrogen-bond acceptors (Lipinski definition) is 5. The van der Waals surface area contributed by atoms with Crippen LogP contribution in [0.2, 0.25) is 0 Å². The molecule has 0 saturated carbocycles. The van der Waals surface area contributed by atoms with Crippen LogP contribution < -0.4 is 4.74 Å². The predicted molar refractivity (Wildman–Crippen MR) is 125 cm³/mol. The molecule has 1 heterocycles. The summed E-state index contributed by atoms with van der Waals surface area (Å²) in [5.74, 6) is 0.947. The molecule has 3 rings (SSSR count). The second-order valence-corrected chi connectivity index (χ2v) is 9.21. The molecule has 0 unspecified atom stereocenters. The molecule has 0 atom stereocenters. The highest BCUT2D eigenvalue weighted by Gasteiger charge is 2.30. The molecular formula is C24H23F3O3S2. The van der Waals surface area contributed by atoms with Crippen molar-refractivity contribution in [1.29, 1.82) is 0 Å². The highest BCUT2D eigenvalue weighted by molar-refractivity contribution is 7.99. The van der Waals surface area contributed by atoms with Crippen LogP contribution in [0.15, 0.2) is 47.4 Å². The van der Waals surface area contributed by atoms with Crippen molar-refractivity contribution in [2.24, 2.45) is 0 Å². The normalized spacial score (nSPS) is 11.9. The first-order valence-corrected chi connectivity index (χ1v) is 11.8. The van der Waals surface area contributed by atoms with E-state index in [0.717, 1.165) is 31.7 Å². The molecule has 3 nitrogen and oxygen atoms in total. The maximum Gasteiger partial charge on any atom is 0.416 e. The molecule has 1 aromatic heterocycles. The Labute approximate surface area is 193 Å². The fourth-order valence-electron chi connectivity index (χ4n) is 3.09. The van der Waals surface area contributed by atoms with Gasteiger partial charge in [0.1, 0.15) is 5.75 Å². The number of esters is 1. The van der Waals surface area contributed by atoms with E-state index in [9.17, 15) is 18.0 Å². The molecule has 3 aromatic rings. The van der Waals surface area contributed by atoms with Gasteiger partial charge in [0, 0.05) is 20.2 Å². The number of benzene rings is 2. The summed E-state index contributed by atoms with van der Waals surface area (Å²) in [6, 6.07) is 9.63. The molecule has 0 bridgehead atoms. The minimum atomic E-state index is -4.34. The van der Waals surface area contributed by atoms with Crippen molar-refractivity contribution in [3.63, 3.8) is 0 Å². The number of thiophene rings is 1. The number of alkyl halides is 3. The molecule has 0 aliphatic heterocycles. The van der Waals surface area contributed by atoms with Gasteiger partial charge < -0.3 is 9.47 Å². The van der Waals surface area contributed by atoms with E-state index in [1.807, 2.05) is 44.2 Å². The summed E-state index contributed by atoms with van der Waals surface area (Å²) < 4.78 is 50.1. The van der Waals surface area contributed by atoms with Crippen molar-refractivity contribution in [1.82, 2.24) is 0 Å². The van der Waals surface area contributed by atoms with E-state index < -0.39 is 17.7 Å². The van der Waals surface area contributed by atoms with Crippen molar-refractivity contribution in [2.45, 2.75) is 31.8 Å². The highest BCUT2D eigenvalue weighted by Crippen LogP contribution is 2.37. The van der Waals surface area contributed by atoms with Crippen molar-refractivity contribution >= 4 is 45.2 Å². The summed E-state index contributed by atoms with van der Waals surface area (Å²) in [6.45, 7) is 5.71. The van der Waals surface area contributed by atoms with Crippen molar-refractivity contribution in [3.8, 4) is 5.75 Å². The topological polar surface area (TPSA) is 35.5 Å². The molecule has 8 heteroatoms. The van der Waals surface area contributed by atoms with Crippen LogP contribution in [0, 0.1) is 13.8 Å². The highest BCUT2D eigenvalue weighted by atomic mass is 32.2. The van der Waals surface area contributed by atoms with Gasteiger partial charge in [-0.15, -0.1) is 23.1 Å². The van der Waals surface area contributed by atoms with Crippen LogP contribution >= 0.6 is 23.1 Å². The minimum Gasteiger partial charge on any atom is -0.482 e. The summed E-state index contributed by atoms with van der Waals surface area (Å²) in [7, 11) is 0. The Morgan fingerprint density at radius 2 is 1.94 bits per heavy atom. The first kappa shape index (κ1) is 24.2. The Bertz CT molecular complexity index is 1130. The third-order valence-electron chi connectivity index (χ3n) is 4.71. The van der Waals surface area contributed by atoms with Gasteiger partial charge in [0.05, 0.1) is 12.2 Å². The van der Waals surface area contributed by atoms with Crippen molar-refractivity contribution < 1.29 is 27.4 Å². The summed E-state index contributed by atoms with van der Waals surface area (Å²) in [5, 5.41) is 0.645. The SMILES string of the molecule is CCOC(=O)COc1ccc(SC/C=C/c2sc3ccc(C(F)(F)F)cc3c2C)cc1C. The minimum absolute atomic E-state index is 0.122. The van der Waals surface area contributed by atoms with Gasteiger partial charge in [-0.3, -0.25) is 0 Å². The number of thioether (sulfide) groups is 1. The molecule has 2 aromatic carbocycles. The third kappa shape index (κ3) is 6.07. The number of aryl methyl sites for hydroxylation is 2. The van der Waals surface area contributed by atoms with Crippen LogP contribution in [-0.4, -0.2) is 24.9 Å². The number of hydrogen-bond donors (Lipinski definition) is 0. The first-order chi connectivity index (χ1) is 15.2. The molecule has 0 radical (unpaired) electrons. The van der Waals surface area contributed by atoms with Crippen LogP contribution in [0.5, 0.6) is 5.75 Å². The molecule has 0 N–H and O–H groups in total. The Hall–Kier alpha value is -2.45. The van der Waals surface area contributed by atoms with Crippen molar-refractivity contribution in [3.05, 3.63) is 64.0 Å². The number of halogens is 3. The van der Waals surface area contributed by atoms with Gasteiger partial charge in [-0.2, -0.15) is 13.2 Å². The summed E-state index contributed by atoms with van der Waals surface area (Å²) in [4.78, 5) is 13.4. The van der Waals surface area contributed by atoms with Gasteiger partial charge in [0.15, 0.2) is 6.61 Å². The summed E-state index contributed by atoms with van der Waals surface area (Å²) in [6.07, 6.45) is -0.371. The lowest BCUT2D eigenvalue weighted by Crippen LogP contribution is -2.14. The van der Waals surface area contributed by atoms with E-state index >= 15 is 0 Å². The van der Waals surface area contributed by atoms with E-state index in [4.69, 9.17) is 9.47 Å². The molecule has 0 spiro atoms. The lowest BCUT2D eigenvalue weighted by atomic mass is 10.1. The van der Waals surface area contributed by atoms with Crippen LogP contribution in [0.1, 0.15) is 28.5 Å². The number of fused-ring (bicyclic) bond motifs is 1. The summed E-state index contributed by atoms with van der Waals surface area (Å²) in [5.41, 5.74) is 1.16. The number of ether oxygens (including phenoxy) is 2. The average molecular weight is 481 g/mol. The smallest absolute Gasteiger partial charge is 0.416 e. The van der Waals surface area contributed by atoms with Crippen LogP contribution in [0.3, 0.4) is 0 Å². The zero-order valence-electron chi connectivity index (χ0n) is 17.9. The molecule has 0 fully saturated rings. The van der Waals surface area contributed by atoms with Crippen LogP contribution in [-0.2, 0) is 15.7 Å². The first-order valence-electron chi connectivity index (χ1n) is 9.97. The summed E-state index contributed by atoms with van der Waals surface area (Å²) >= 11 is 3.12. The molecular weight excluding hydrogens is 457 g/mol. The van der Waals surface area contributed by atoms with E-state index in [1.54, 1.807) is 18.7 Å². The largest absolute Gasteiger partial charge is 0.482 e. The van der Waals surface area contributed by atoms with Gasteiger partial charge >= 0.3 is 12.1 Å². The van der Waals surface area contributed by atoms with Gasteiger partial charge in [-0.05, 0) is 79.8 Å². The van der Waals surface area contributed by atoms with Crippen LogP contribution in [0.4, 0.5) is 13.2 Å². The molecule has 32 heavy (non-hydrogen) atoms.